The molecule has 1 heterocycles. The first-order chi connectivity index (χ1) is 5.83. The molecule has 1 aromatic heterocycles. The van der Waals surface area contributed by atoms with Gasteiger partial charge in [-0.25, -0.2) is 4.98 Å². The van der Waals surface area contributed by atoms with Crippen molar-refractivity contribution in [3.63, 3.8) is 0 Å². The Morgan fingerprint density at radius 3 is 2.50 bits per heavy atom. The molecule has 0 bridgehead atoms. The molecule has 0 fully saturated rings. The SMILES string of the molecule is CC.Cc1ccc(SNCl)nc1. The van der Waals surface area contributed by atoms with Crippen molar-refractivity contribution in [2.75, 3.05) is 0 Å². The van der Waals surface area contributed by atoms with Gasteiger partial charge in [-0.3, -0.25) is 0 Å². The highest BCUT2D eigenvalue weighted by Crippen LogP contribution is 2.11. The van der Waals surface area contributed by atoms with E-state index in [0.29, 0.717) is 0 Å². The van der Waals surface area contributed by atoms with Crippen LogP contribution in [-0.2, 0) is 0 Å². The van der Waals surface area contributed by atoms with Gasteiger partial charge in [-0.2, -0.15) is 4.24 Å². The Kier molecular flexibility index (Phi) is 7.25. The van der Waals surface area contributed by atoms with Crippen molar-refractivity contribution in [2.45, 2.75) is 25.8 Å². The number of nitrogens with one attached hydrogen (secondary N) is 1. The summed E-state index contributed by atoms with van der Waals surface area (Å²) in [5.74, 6) is 0. The van der Waals surface area contributed by atoms with E-state index in [4.69, 9.17) is 11.8 Å². The maximum absolute atomic E-state index is 5.25. The minimum Gasteiger partial charge on any atom is -0.248 e. The molecule has 0 radical (unpaired) electrons. The average molecular weight is 205 g/mol. The van der Waals surface area contributed by atoms with Crippen LogP contribution in [0.25, 0.3) is 0 Å². The maximum Gasteiger partial charge on any atom is 0.112 e. The molecule has 0 aliphatic rings. The molecule has 2 nitrogen and oxygen atoms in total. The second-order valence-electron chi connectivity index (χ2n) is 1.85. The van der Waals surface area contributed by atoms with Gasteiger partial charge in [0, 0.05) is 6.20 Å². The Morgan fingerprint density at radius 1 is 1.42 bits per heavy atom. The highest BCUT2D eigenvalue weighted by atomic mass is 35.5. The van der Waals surface area contributed by atoms with E-state index >= 15 is 0 Å². The van der Waals surface area contributed by atoms with Gasteiger partial charge in [-0.05, 0) is 42.3 Å². The number of pyridine rings is 1. The number of hydrogen-bond acceptors (Lipinski definition) is 3. The molecule has 0 unspecified atom stereocenters. The lowest BCUT2D eigenvalue weighted by atomic mass is 10.3. The van der Waals surface area contributed by atoms with Gasteiger partial charge in [0.1, 0.15) is 5.03 Å². The zero-order valence-corrected chi connectivity index (χ0v) is 9.04. The normalized spacial score (nSPS) is 8.67. The molecule has 0 saturated carbocycles. The molecule has 0 aliphatic heterocycles. The summed E-state index contributed by atoms with van der Waals surface area (Å²) < 4.78 is 2.43. The molecule has 1 N–H and O–H groups in total. The Labute approximate surface area is 83.0 Å². The van der Waals surface area contributed by atoms with Crippen molar-refractivity contribution in [3.8, 4) is 0 Å². The summed E-state index contributed by atoms with van der Waals surface area (Å²) in [5.41, 5.74) is 1.15. The maximum atomic E-state index is 5.25. The van der Waals surface area contributed by atoms with Crippen molar-refractivity contribution < 1.29 is 0 Å². The molecule has 4 heteroatoms. The third kappa shape index (κ3) is 4.59. The van der Waals surface area contributed by atoms with Gasteiger partial charge in [0.15, 0.2) is 0 Å². The van der Waals surface area contributed by atoms with Crippen LogP contribution < -0.4 is 4.24 Å². The Morgan fingerprint density at radius 2 is 2.08 bits per heavy atom. The monoisotopic (exact) mass is 204 g/mol. The molecule has 0 atom stereocenters. The van der Waals surface area contributed by atoms with E-state index < -0.39 is 0 Å². The van der Waals surface area contributed by atoms with Crippen LogP contribution in [-0.4, -0.2) is 4.98 Å². The predicted octanol–water partition coefficient (Wildman–Crippen LogP) is 3.17. The van der Waals surface area contributed by atoms with E-state index in [2.05, 4.69) is 9.23 Å². The summed E-state index contributed by atoms with van der Waals surface area (Å²) in [4.78, 5) is 4.08. The Balaban J connectivity index is 0.000000561. The zero-order valence-electron chi connectivity index (χ0n) is 7.47. The molecule has 1 aromatic rings. The summed E-state index contributed by atoms with van der Waals surface area (Å²) in [5, 5.41) is 0.876. The van der Waals surface area contributed by atoms with Gasteiger partial charge in [0.2, 0.25) is 0 Å². The van der Waals surface area contributed by atoms with Crippen LogP contribution in [0.15, 0.2) is 23.4 Å². The van der Waals surface area contributed by atoms with Crippen molar-refractivity contribution >= 4 is 23.7 Å². The summed E-state index contributed by atoms with van der Waals surface area (Å²) in [6.45, 7) is 6.00. The van der Waals surface area contributed by atoms with Gasteiger partial charge < -0.3 is 0 Å². The molecule has 0 aromatic carbocycles. The smallest absolute Gasteiger partial charge is 0.112 e. The Bertz CT molecular complexity index is 201. The number of aromatic nitrogens is 1. The third-order valence-electron chi connectivity index (χ3n) is 1.03. The van der Waals surface area contributed by atoms with E-state index in [0.717, 1.165) is 10.6 Å². The number of hydrogen-bond donors (Lipinski definition) is 1. The quantitative estimate of drug-likeness (QED) is 0.592. The standard InChI is InChI=1S/C6H7ClN2S.C2H6/c1-5-2-3-6(8-4-5)10-9-7;1-2/h2-4,9H,1H3;1-2H3. The summed E-state index contributed by atoms with van der Waals surface area (Å²) in [6, 6.07) is 3.90. The van der Waals surface area contributed by atoms with Crippen LogP contribution in [0.5, 0.6) is 0 Å². The van der Waals surface area contributed by atoms with Crippen LogP contribution in [0.1, 0.15) is 19.4 Å². The number of halogens is 1. The third-order valence-corrected chi connectivity index (χ3v) is 1.79. The fourth-order valence-electron chi connectivity index (χ4n) is 0.554. The Hall–Kier alpha value is -0.250. The lowest BCUT2D eigenvalue weighted by Crippen LogP contribution is -1.85. The summed E-state index contributed by atoms with van der Waals surface area (Å²) >= 11 is 6.54. The second kappa shape index (κ2) is 7.40. The van der Waals surface area contributed by atoms with Gasteiger partial charge in [0.25, 0.3) is 0 Å². The van der Waals surface area contributed by atoms with Crippen molar-refractivity contribution in [2.24, 2.45) is 0 Å². The molecular weight excluding hydrogens is 192 g/mol. The van der Waals surface area contributed by atoms with E-state index in [1.54, 1.807) is 6.20 Å². The van der Waals surface area contributed by atoms with Crippen LogP contribution in [0.4, 0.5) is 0 Å². The summed E-state index contributed by atoms with van der Waals surface area (Å²) in [6.07, 6.45) is 1.80. The molecule has 1 rings (SSSR count). The number of aryl methyl sites for hydroxylation is 1. The van der Waals surface area contributed by atoms with Gasteiger partial charge in [-0.1, -0.05) is 19.9 Å². The van der Waals surface area contributed by atoms with Crippen LogP contribution in [0, 0.1) is 6.92 Å². The van der Waals surface area contributed by atoms with E-state index in [1.165, 1.54) is 11.9 Å². The second-order valence-corrected chi connectivity index (χ2v) is 3.09. The van der Waals surface area contributed by atoms with Crippen molar-refractivity contribution in [1.82, 2.24) is 9.23 Å². The number of rotatable bonds is 2. The lowest BCUT2D eigenvalue weighted by molar-refractivity contribution is 1.11. The van der Waals surface area contributed by atoms with Gasteiger partial charge >= 0.3 is 0 Å². The fraction of sp³-hybridized carbons (Fsp3) is 0.375. The van der Waals surface area contributed by atoms with Gasteiger partial charge in [0.05, 0.1) is 0 Å². The summed E-state index contributed by atoms with van der Waals surface area (Å²) in [7, 11) is 0. The van der Waals surface area contributed by atoms with Crippen molar-refractivity contribution in [3.05, 3.63) is 23.9 Å². The first-order valence-corrected chi connectivity index (χ1v) is 4.97. The van der Waals surface area contributed by atoms with E-state index in [9.17, 15) is 0 Å². The predicted molar refractivity (Wildman–Crippen MR) is 55.2 cm³/mol. The average Bonchev–Trinajstić information content (AvgIpc) is 2.13. The molecule has 0 saturated heterocycles. The molecular formula is C8H13ClN2S. The first kappa shape index (κ1) is 11.8. The lowest BCUT2D eigenvalue weighted by Gasteiger charge is -1.95. The fourth-order valence-corrected chi connectivity index (χ4v) is 1.11. The van der Waals surface area contributed by atoms with Crippen LogP contribution >= 0.6 is 23.7 Å². The van der Waals surface area contributed by atoms with E-state index in [1.807, 2.05) is 32.9 Å². The highest BCUT2D eigenvalue weighted by Gasteiger charge is 1.90. The molecule has 68 valence electrons. The van der Waals surface area contributed by atoms with Crippen LogP contribution in [0.3, 0.4) is 0 Å². The van der Waals surface area contributed by atoms with E-state index in [-0.39, 0.29) is 0 Å². The minimum absolute atomic E-state index is 0.876. The largest absolute Gasteiger partial charge is 0.248 e. The highest BCUT2D eigenvalue weighted by molar-refractivity contribution is 7.98. The topological polar surface area (TPSA) is 24.9 Å². The van der Waals surface area contributed by atoms with Crippen LogP contribution in [0.2, 0.25) is 0 Å². The molecule has 0 amide bonds. The van der Waals surface area contributed by atoms with Gasteiger partial charge in [-0.15, -0.1) is 0 Å². The molecule has 12 heavy (non-hydrogen) atoms. The molecule has 0 spiro atoms. The minimum atomic E-state index is 0.876. The zero-order chi connectivity index (χ0) is 9.40. The van der Waals surface area contributed by atoms with Crippen molar-refractivity contribution in [1.29, 1.82) is 0 Å². The molecule has 0 aliphatic carbocycles. The number of nitrogens with zero attached hydrogens (tertiary/aromatic N) is 1. The first-order valence-electron chi connectivity index (χ1n) is 3.78.